The molecule has 3 aromatic rings. The van der Waals surface area contributed by atoms with Gasteiger partial charge in [0.2, 0.25) is 11.8 Å². The minimum absolute atomic E-state index is 0.00935. The molecule has 1 unspecified atom stereocenters. The number of nitrogens with zero attached hydrogens (tertiary/aromatic N) is 3. The van der Waals surface area contributed by atoms with E-state index in [0.717, 1.165) is 16.8 Å². The number of rotatable bonds is 2. The summed E-state index contributed by atoms with van der Waals surface area (Å²) in [5.74, 6) is 2.54. The number of terminal acetylenes is 1. The second-order valence-corrected chi connectivity index (χ2v) is 7.87. The molecule has 2 aliphatic heterocycles. The fourth-order valence-electron chi connectivity index (χ4n) is 4.58. The lowest BCUT2D eigenvalue weighted by Gasteiger charge is -2.32. The fraction of sp³-hybridized carbons (Fsp3) is 0.174. The summed E-state index contributed by atoms with van der Waals surface area (Å²) in [5.41, 5.74) is 2.56. The molecule has 2 aromatic carbocycles. The Morgan fingerprint density at radius 3 is 2.77 bits per heavy atom. The quantitative estimate of drug-likeness (QED) is 0.651. The molecule has 6 nitrogen and oxygen atoms in total. The largest absolute Gasteiger partial charge is 0.310 e. The van der Waals surface area contributed by atoms with Gasteiger partial charge in [-0.3, -0.25) is 14.5 Å². The number of nitrogens with one attached hydrogen (secondary N) is 1. The maximum Gasteiger partial charge on any atom is 0.243 e. The Hall–Kier alpha value is -3.56. The highest BCUT2D eigenvalue weighted by atomic mass is 35.5. The van der Waals surface area contributed by atoms with E-state index in [0.29, 0.717) is 22.1 Å². The number of para-hydroxylation sites is 2. The third-order valence-electron chi connectivity index (χ3n) is 5.82. The summed E-state index contributed by atoms with van der Waals surface area (Å²) in [6, 6.07) is 12.9. The van der Waals surface area contributed by atoms with E-state index in [4.69, 9.17) is 18.0 Å². The molecule has 30 heavy (non-hydrogen) atoms. The normalized spacial score (nSPS) is 19.4. The lowest BCUT2D eigenvalue weighted by molar-refractivity contribution is -0.126. The molecule has 0 radical (unpaired) electrons. The molecule has 1 aromatic heterocycles. The number of hydrogen-bond acceptors (Lipinski definition) is 3. The fourth-order valence-corrected chi connectivity index (χ4v) is 4.80. The Bertz CT molecular complexity index is 1270. The molecule has 1 atom stereocenters. The summed E-state index contributed by atoms with van der Waals surface area (Å²) < 4.78 is 1.57. The number of carbonyl (C=O) groups excluding carboxylic acids is 2. The zero-order chi connectivity index (χ0) is 21.0. The molecule has 2 aliphatic rings. The summed E-state index contributed by atoms with van der Waals surface area (Å²) in [6.45, 7) is 2.07. The molecule has 3 heterocycles. The van der Waals surface area contributed by atoms with Crippen molar-refractivity contribution in [2.75, 3.05) is 16.8 Å². The molecule has 0 saturated carbocycles. The van der Waals surface area contributed by atoms with Crippen LogP contribution in [-0.4, -0.2) is 28.1 Å². The zero-order valence-corrected chi connectivity index (χ0v) is 16.9. The number of anilines is 2. The van der Waals surface area contributed by atoms with Gasteiger partial charge in [-0.1, -0.05) is 47.9 Å². The van der Waals surface area contributed by atoms with Crippen molar-refractivity contribution in [3.8, 4) is 18.0 Å². The number of fused-ring (bicyclic) bond motifs is 4. The highest BCUT2D eigenvalue weighted by Crippen LogP contribution is 2.53. The maximum absolute atomic E-state index is 13.8. The highest BCUT2D eigenvalue weighted by molar-refractivity contribution is 6.32. The maximum atomic E-state index is 13.8. The van der Waals surface area contributed by atoms with Crippen molar-refractivity contribution >= 4 is 34.9 Å². The molecule has 5 rings (SSSR count). The van der Waals surface area contributed by atoms with Crippen LogP contribution < -0.4 is 10.2 Å². The standard InChI is InChI=1S/C23H17ClN4O2/c1-3-11-27-20-14(2)7-6-8-15(20)23(22(27)30)12-19(29)26-21-16(23)13-25-28(21)18-10-5-4-9-17(18)24/h1,4-10,13H,11-12H2,2H3,(H,26,29). The van der Waals surface area contributed by atoms with Gasteiger partial charge in [0.05, 0.1) is 29.1 Å². The van der Waals surface area contributed by atoms with Gasteiger partial charge in [-0.25, -0.2) is 4.68 Å². The summed E-state index contributed by atoms with van der Waals surface area (Å²) in [5, 5.41) is 7.87. The van der Waals surface area contributed by atoms with Gasteiger partial charge in [0, 0.05) is 12.0 Å². The predicted molar refractivity (Wildman–Crippen MR) is 115 cm³/mol. The van der Waals surface area contributed by atoms with Crippen LogP contribution in [0.3, 0.4) is 0 Å². The molecule has 0 saturated heterocycles. The SMILES string of the molecule is C#CCN1C(=O)C2(CC(=O)Nc3c2cnn3-c2ccccc2Cl)c2cccc(C)c21. The molecule has 1 spiro atoms. The lowest BCUT2D eigenvalue weighted by Crippen LogP contribution is -2.46. The van der Waals surface area contributed by atoms with Crippen LogP contribution in [0, 0.1) is 19.3 Å². The predicted octanol–water partition coefficient (Wildman–Crippen LogP) is 3.44. The van der Waals surface area contributed by atoms with Gasteiger partial charge in [0.25, 0.3) is 0 Å². The highest BCUT2D eigenvalue weighted by Gasteiger charge is 2.57. The zero-order valence-electron chi connectivity index (χ0n) is 16.1. The van der Waals surface area contributed by atoms with Gasteiger partial charge < -0.3 is 5.32 Å². The second kappa shape index (κ2) is 6.48. The second-order valence-electron chi connectivity index (χ2n) is 7.47. The summed E-state index contributed by atoms with van der Waals surface area (Å²) >= 11 is 6.37. The van der Waals surface area contributed by atoms with Gasteiger partial charge in [0.15, 0.2) is 0 Å². The average Bonchev–Trinajstić information content (AvgIpc) is 3.24. The molecular formula is C23H17ClN4O2. The number of aromatic nitrogens is 2. The van der Waals surface area contributed by atoms with E-state index in [1.165, 1.54) is 0 Å². The lowest BCUT2D eigenvalue weighted by atomic mass is 9.71. The van der Waals surface area contributed by atoms with Crippen molar-refractivity contribution in [2.45, 2.75) is 18.8 Å². The number of aryl methyl sites for hydroxylation is 1. The van der Waals surface area contributed by atoms with Crippen molar-refractivity contribution in [3.63, 3.8) is 0 Å². The van der Waals surface area contributed by atoms with Crippen LogP contribution in [0.1, 0.15) is 23.1 Å². The minimum atomic E-state index is -1.17. The van der Waals surface area contributed by atoms with Crippen LogP contribution in [0.5, 0.6) is 0 Å². The number of hydrogen-bond donors (Lipinski definition) is 1. The van der Waals surface area contributed by atoms with Crippen LogP contribution in [-0.2, 0) is 15.0 Å². The summed E-state index contributed by atoms with van der Waals surface area (Å²) in [6.07, 6.45) is 7.19. The number of benzene rings is 2. The Morgan fingerprint density at radius 2 is 2.00 bits per heavy atom. The average molecular weight is 417 g/mol. The van der Waals surface area contributed by atoms with Crippen LogP contribution in [0.4, 0.5) is 11.5 Å². The van der Waals surface area contributed by atoms with Gasteiger partial charge in [-0.2, -0.15) is 5.10 Å². The Morgan fingerprint density at radius 1 is 1.20 bits per heavy atom. The van der Waals surface area contributed by atoms with E-state index in [1.807, 2.05) is 43.3 Å². The Labute approximate surface area is 178 Å². The van der Waals surface area contributed by atoms with Crippen molar-refractivity contribution in [1.29, 1.82) is 0 Å². The van der Waals surface area contributed by atoms with Crippen LogP contribution in [0.15, 0.2) is 48.7 Å². The van der Waals surface area contributed by atoms with E-state index in [1.54, 1.807) is 21.8 Å². The number of carbonyl (C=O) groups is 2. The van der Waals surface area contributed by atoms with Gasteiger partial charge in [-0.15, -0.1) is 6.42 Å². The monoisotopic (exact) mass is 416 g/mol. The van der Waals surface area contributed by atoms with Crippen molar-refractivity contribution < 1.29 is 9.59 Å². The first-order chi connectivity index (χ1) is 14.5. The van der Waals surface area contributed by atoms with E-state index < -0.39 is 5.41 Å². The first kappa shape index (κ1) is 18.5. The molecule has 2 amide bonds. The Balaban J connectivity index is 1.80. The molecule has 0 bridgehead atoms. The molecule has 7 heteroatoms. The molecule has 1 N–H and O–H groups in total. The Kier molecular flexibility index (Phi) is 3.99. The first-order valence-electron chi connectivity index (χ1n) is 9.48. The van der Waals surface area contributed by atoms with Crippen LogP contribution >= 0.6 is 11.6 Å². The van der Waals surface area contributed by atoms with E-state index in [9.17, 15) is 9.59 Å². The van der Waals surface area contributed by atoms with Crippen LogP contribution in [0.25, 0.3) is 5.69 Å². The smallest absolute Gasteiger partial charge is 0.243 e. The van der Waals surface area contributed by atoms with Gasteiger partial charge >= 0.3 is 0 Å². The summed E-state index contributed by atoms with van der Waals surface area (Å²) in [7, 11) is 0. The van der Waals surface area contributed by atoms with Gasteiger partial charge in [-0.05, 0) is 30.2 Å². The molecule has 0 fully saturated rings. The summed E-state index contributed by atoms with van der Waals surface area (Å²) in [4.78, 5) is 28.2. The molecule has 148 valence electrons. The van der Waals surface area contributed by atoms with E-state index in [2.05, 4.69) is 16.3 Å². The third kappa shape index (κ3) is 2.30. The molecule has 0 aliphatic carbocycles. The number of halogens is 1. The number of amides is 2. The van der Waals surface area contributed by atoms with Crippen molar-refractivity contribution in [3.05, 3.63) is 70.4 Å². The topological polar surface area (TPSA) is 67.2 Å². The molecular weight excluding hydrogens is 400 g/mol. The minimum Gasteiger partial charge on any atom is -0.310 e. The van der Waals surface area contributed by atoms with E-state index in [-0.39, 0.29) is 24.8 Å². The first-order valence-corrected chi connectivity index (χ1v) is 9.85. The third-order valence-corrected chi connectivity index (χ3v) is 6.14. The van der Waals surface area contributed by atoms with E-state index >= 15 is 0 Å². The van der Waals surface area contributed by atoms with Crippen molar-refractivity contribution in [1.82, 2.24) is 9.78 Å². The van der Waals surface area contributed by atoms with Gasteiger partial charge in [0.1, 0.15) is 11.2 Å². The van der Waals surface area contributed by atoms with Crippen LogP contribution in [0.2, 0.25) is 5.02 Å². The van der Waals surface area contributed by atoms with Crippen molar-refractivity contribution in [2.24, 2.45) is 0 Å².